The van der Waals surface area contributed by atoms with Crippen LogP contribution in [0.25, 0.3) is 0 Å². The maximum absolute atomic E-state index is 14.2. The van der Waals surface area contributed by atoms with Crippen LogP contribution < -0.4 is 10.6 Å². The molecule has 244 valence electrons. The van der Waals surface area contributed by atoms with Crippen molar-refractivity contribution in [2.45, 2.75) is 56.3 Å². The molecule has 47 heavy (non-hydrogen) atoms. The second kappa shape index (κ2) is 14.6. The van der Waals surface area contributed by atoms with Crippen LogP contribution in [0.4, 0.5) is 0 Å². The Morgan fingerprint density at radius 3 is 1.15 bits per heavy atom. The van der Waals surface area contributed by atoms with E-state index in [0.29, 0.717) is 45.2 Å². The fourth-order valence-corrected chi connectivity index (χ4v) is 7.49. The molecule has 0 aromatic heterocycles. The maximum Gasteiger partial charge on any atom is 0.279 e. The molecule has 2 amide bonds. The lowest BCUT2D eigenvalue weighted by Gasteiger charge is -2.47. The fourth-order valence-electron chi connectivity index (χ4n) is 7.49. The van der Waals surface area contributed by atoms with Crippen molar-refractivity contribution < 1.29 is 18.9 Å². The summed E-state index contributed by atoms with van der Waals surface area (Å²) in [5, 5.41) is 34.7. The highest BCUT2D eigenvalue weighted by molar-refractivity contribution is 5.82. The zero-order chi connectivity index (χ0) is 32.7. The molecule has 0 aliphatic carbocycles. The molecular formula is C39H44N4O4. The summed E-state index contributed by atoms with van der Waals surface area (Å²) in [6.07, 6.45) is 2.68. The van der Waals surface area contributed by atoms with E-state index in [2.05, 4.69) is 10.6 Å². The average molecular weight is 633 g/mol. The lowest BCUT2D eigenvalue weighted by Crippen LogP contribution is -2.57. The van der Waals surface area contributed by atoms with E-state index < -0.39 is 21.4 Å². The lowest BCUT2D eigenvalue weighted by atomic mass is 9.98. The van der Waals surface area contributed by atoms with Gasteiger partial charge in [0.25, 0.3) is 11.8 Å². The number of quaternary nitrogens is 2. The van der Waals surface area contributed by atoms with Gasteiger partial charge in [-0.3, -0.25) is 9.59 Å². The number of carbonyl (C=O) groups is 2. The summed E-state index contributed by atoms with van der Waals surface area (Å²) in [5.41, 5.74) is 3.80. The number of hydrogen-bond acceptors (Lipinski definition) is 4. The van der Waals surface area contributed by atoms with Crippen LogP contribution in [0.2, 0.25) is 0 Å². The van der Waals surface area contributed by atoms with Gasteiger partial charge in [0, 0.05) is 32.1 Å². The van der Waals surface area contributed by atoms with E-state index in [1.165, 1.54) is 0 Å². The second-order valence-electron chi connectivity index (χ2n) is 13.0. The monoisotopic (exact) mass is 632 g/mol. The summed E-state index contributed by atoms with van der Waals surface area (Å²) >= 11 is 0. The van der Waals surface area contributed by atoms with Crippen LogP contribution in [0.15, 0.2) is 121 Å². The van der Waals surface area contributed by atoms with Crippen LogP contribution >= 0.6 is 0 Å². The molecule has 0 radical (unpaired) electrons. The first-order chi connectivity index (χ1) is 22.9. The van der Waals surface area contributed by atoms with E-state index in [1.807, 2.05) is 121 Å². The first-order valence-electron chi connectivity index (χ1n) is 16.8. The largest absolute Gasteiger partial charge is 0.632 e. The Balaban J connectivity index is 1.11. The van der Waals surface area contributed by atoms with E-state index in [9.17, 15) is 20.0 Å². The molecule has 6 rings (SSSR count). The zero-order valence-corrected chi connectivity index (χ0v) is 26.7. The summed E-state index contributed by atoms with van der Waals surface area (Å²) in [6.45, 7) is 1.04. The van der Waals surface area contributed by atoms with E-state index in [0.717, 1.165) is 22.3 Å². The van der Waals surface area contributed by atoms with Crippen LogP contribution in [0.3, 0.4) is 0 Å². The summed E-state index contributed by atoms with van der Waals surface area (Å²) in [7, 11) is 0. The number of hydrogen-bond donors (Lipinski definition) is 2. The number of likely N-dealkylation sites (tertiary alicyclic amines) is 2. The molecule has 0 spiro atoms. The molecule has 0 bridgehead atoms. The summed E-state index contributed by atoms with van der Waals surface area (Å²) in [4.78, 5) is 27.5. The lowest BCUT2D eigenvalue weighted by molar-refractivity contribution is -0.902. The summed E-state index contributed by atoms with van der Waals surface area (Å²) in [6, 6.07) is 36.9. The zero-order valence-electron chi connectivity index (χ0n) is 26.7. The van der Waals surface area contributed by atoms with Gasteiger partial charge in [0.15, 0.2) is 12.1 Å². The van der Waals surface area contributed by atoms with Gasteiger partial charge >= 0.3 is 0 Å². The summed E-state index contributed by atoms with van der Waals surface area (Å²) in [5.74, 6) is -0.514. The van der Waals surface area contributed by atoms with Crippen molar-refractivity contribution >= 4 is 11.8 Å². The first kappa shape index (κ1) is 32.6. The predicted octanol–water partition coefficient (Wildman–Crippen LogP) is 6.14. The van der Waals surface area contributed by atoms with E-state index >= 15 is 0 Å². The van der Waals surface area contributed by atoms with Gasteiger partial charge in [-0.05, 0) is 22.3 Å². The van der Waals surface area contributed by atoms with Crippen molar-refractivity contribution in [2.24, 2.45) is 0 Å². The molecule has 8 heteroatoms. The van der Waals surface area contributed by atoms with Crippen LogP contribution in [-0.4, -0.2) is 59.4 Å². The Morgan fingerprint density at radius 1 is 0.553 bits per heavy atom. The van der Waals surface area contributed by atoms with Crippen molar-refractivity contribution in [1.82, 2.24) is 10.6 Å². The standard InChI is InChI=1S/C39H44N4O4/c44-38(40-36(30-16-5-1-6-17-30)31-18-7-2-8-19-31)34-24-13-26-42(34,46)28-15-29-43(47)27-14-25-35(43)39(45)41-37(32-20-9-3-10-21-32)33-22-11-4-12-23-33/h1-12,16-23,34-37H,13-15,24-29H2,(H,40,44)(H,41,45)/t34-,35-,42-,43+/m0/s1. The molecule has 0 saturated carbocycles. The number of carbonyl (C=O) groups excluding carboxylic acids is 2. The van der Waals surface area contributed by atoms with Crippen LogP contribution in [0, 0.1) is 10.4 Å². The van der Waals surface area contributed by atoms with Gasteiger partial charge in [-0.1, -0.05) is 121 Å². The van der Waals surface area contributed by atoms with E-state index in [-0.39, 0.29) is 37.0 Å². The smallest absolute Gasteiger partial charge is 0.279 e. The minimum Gasteiger partial charge on any atom is -0.632 e. The van der Waals surface area contributed by atoms with Gasteiger partial charge in [-0.25, -0.2) is 0 Å². The molecule has 0 unspecified atom stereocenters. The van der Waals surface area contributed by atoms with Gasteiger partial charge in [-0.2, -0.15) is 0 Å². The third kappa shape index (κ3) is 7.47. The van der Waals surface area contributed by atoms with Gasteiger partial charge in [0.2, 0.25) is 0 Å². The second-order valence-corrected chi connectivity index (χ2v) is 13.0. The third-order valence-electron chi connectivity index (χ3n) is 9.95. The SMILES string of the molecule is O=C(NC(c1ccccc1)c1ccccc1)[C@@H]1CCC[N@@+]1([O-])CCC[N@@+]1([O-])CCC[C@H]1C(=O)NC(c1ccccc1)c1ccccc1. The minimum absolute atomic E-state index is 0.173. The number of nitrogens with one attached hydrogen (secondary N) is 2. The van der Waals surface area contributed by atoms with Crippen molar-refractivity contribution in [1.29, 1.82) is 0 Å². The van der Waals surface area contributed by atoms with Crippen molar-refractivity contribution in [2.75, 3.05) is 26.2 Å². The molecule has 4 aromatic carbocycles. The average Bonchev–Trinajstić information content (AvgIpc) is 3.69. The summed E-state index contributed by atoms with van der Waals surface area (Å²) < 4.78 is -1.27. The minimum atomic E-state index is -0.736. The number of amides is 2. The normalized spacial score (nSPS) is 24.0. The molecule has 2 saturated heterocycles. The molecule has 2 aliphatic rings. The Hall–Kier alpha value is -4.34. The Kier molecular flexibility index (Phi) is 10.1. The van der Waals surface area contributed by atoms with Gasteiger partial charge in [0.1, 0.15) is 0 Å². The van der Waals surface area contributed by atoms with Gasteiger partial charge < -0.3 is 30.3 Å². The molecule has 4 aromatic rings. The molecular weight excluding hydrogens is 588 g/mol. The number of benzene rings is 4. The molecule has 2 heterocycles. The molecule has 8 nitrogen and oxygen atoms in total. The highest BCUT2D eigenvalue weighted by Crippen LogP contribution is 2.32. The Bertz CT molecular complexity index is 1410. The van der Waals surface area contributed by atoms with Crippen molar-refractivity contribution in [3.05, 3.63) is 154 Å². The number of hydroxylamine groups is 6. The van der Waals surface area contributed by atoms with Crippen molar-refractivity contribution in [3.63, 3.8) is 0 Å². The Morgan fingerprint density at radius 2 is 0.851 bits per heavy atom. The molecule has 2 fully saturated rings. The molecule has 4 atom stereocenters. The first-order valence-corrected chi connectivity index (χ1v) is 16.8. The third-order valence-corrected chi connectivity index (χ3v) is 9.95. The topological polar surface area (TPSA) is 104 Å². The van der Waals surface area contributed by atoms with Gasteiger partial charge in [-0.15, -0.1) is 0 Å². The maximum atomic E-state index is 14.2. The van der Waals surface area contributed by atoms with Crippen LogP contribution in [0.1, 0.15) is 66.4 Å². The number of rotatable bonds is 12. The highest BCUT2D eigenvalue weighted by Gasteiger charge is 2.43. The van der Waals surface area contributed by atoms with E-state index in [1.54, 1.807) is 0 Å². The number of nitrogens with zero attached hydrogens (tertiary/aromatic N) is 2. The molecule has 2 N–H and O–H groups in total. The van der Waals surface area contributed by atoms with Crippen LogP contribution in [-0.2, 0) is 9.59 Å². The van der Waals surface area contributed by atoms with E-state index in [4.69, 9.17) is 0 Å². The quantitative estimate of drug-likeness (QED) is 0.145. The highest BCUT2D eigenvalue weighted by atomic mass is 16.6. The van der Waals surface area contributed by atoms with Crippen molar-refractivity contribution in [3.8, 4) is 0 Å². The molecule has 2 aliphatic heterocycles. The predicted molar refractivity (Wildman–Crippen MR) is 183 cm³/mol. The van der Waals surface area contributed by atoms with Crippen LogP contribution in [0.5, 0.6) is 0 Å². The fraction of sp³-hybridized carbons (Fsp3) is 0.333. The van der Waals surface area contributed by atoms with Gasteiger partial charge in [0.05, 0.1) is 38.3 Å². The Labute approximate surface area is 277 Å².